The fourth-order valence-electron chi connectivity index (χ4n) is 3.52. The molecule has 3 aromatic rings. The molecule has 0 aliphatic heterocycles. The first-order valence-electron chi connectivity index (χ1n) is 9.93. The molecule has 158 valence electrons. The molecule has 0 unspecified atom stereocenters. The van der Waals surface area contributed by atoms with Gasteiger partial charge in [0.25, 0.3) is 5.91 Å². The number of carbonyl (C=O) groups excluding carboxylic acids is 1. The number of nitrogens with two attached hydrogens (primary N) is 2. The van der Waals surface area contributed by atoms with E-state index in [1.54, 1.807) is 24.3 Å². The first kappa shape index (κ1) is 20.2. The Hall–Kier alpha value is -4.07. The van der Waals surface area contributed by atoms with Crippen molar-refractivity contribution in [3.8, 4) is 11.5 Å². The number of guanidine groups is 1. The molecule has 0 saturated heterocycles. The first-order valence-corrected chi connectivity index (χ1v) is 9.93. The van der Waals surface area contributed by atoms with Gasteiger partial charge < -0.3 is 25.9 Å². The SMILES string of the molecule is Cc1c(C(=O)Nc2ccc(Oc3ccccc3)cc2)oc2c1/C(=N/N=C(N)N)CCC2. The van der Waals surface area contributed by atoms with E-state index in [0.29, 0.717) is 17.9 Å². The number of para-hydroxylation sites is 1. The zero-order valence-corrected chi connectivity index (χ0v) is 17.1. The number of carbonyl (C=O) groups is 1. The Morgan fingerprint density at radius 1 is 1.03 bits per heavy atom. The molecule has 1 aromatic heterocycles. The van der Waals surface area contributed by atoms with Gasteiger partial charge in [0.1, 0.15) is 17.3 Å². The average molecular weight is 417 g/mol. The van der Waals surface area contributed by atoms with E-state index < -0.39 is 0 Å². The summed E-state index contributed by atoms with van der Waals surface area (Å²) < 4.78 is 11.7. The third-order valence-electron chi connectivity index (χ3n) is 4.91. The number of furan rings is 1. The van der Waals surface area contributed by atoms with Gasteiger partial charge in [-0.3, -0.25) is 4.79 Å². The summed E-state index contributed by atoms with van der Waals surface area (Å²) in [6, 6.07) is 16.6. The summed E-state index contributed by atoms with van der Waals surface area (Å²) >= 11 is 0. The Kier molecular flexibility index (Phi) is 5.70. The second-order valence-corrected chi connectivity index (χ2v) is 7.17. The zero-order valence-electron chi connectivity index (χ0n) is 17.1. The normalized spacial score (nSPS) is 14.0. The number of hydrogen-bond donors (Lipinski definition) is 3. The number of fused-ring (bicyclic) bond motifs is 1. The average Bonchev–Trinajstić information content (AvgIpc) is 3.12. The van der Waals surface area contributed by atoms with Crippen LogP contribution in [-0.2, 0) is 6.42 Å². The molecule has 0 radical (unpaired) electrons. The molecule has 8 heteroatoms. The Balaban J connectivity index is 1.50. The molecule has 2 aromatic carbocycles. The van der Waals surface area contributed by atoms with E-state index in [-0.39, 0.29) is 17.6 Å². The van der Waals surface area contributed by atoms with Gasteiger partial charge in [-0.15, -0.1) is 5.10 Å². The highest BCUT2D eigenvalue weighted by atomic mass is 16.5. The predicted octanol–water partition coefficient (Wildman–Crippen LogP) is 3.95. The number of hydrogen-bond acceptors (Lipinski definition) is 5. The molecule has 5 N–H and O–H groups in total. The molecule has 1 amide bonds. The quantitative estimate of drug-likeness (QED) is 0.329. The molecule has 0 spiro atoms. The molecular formula is C23H23N5O3. The van der Waals surface area contributed by atoms with E-state index in [0.717, 1.165) is 41.2 Å². The summed E-state index contributed by atoms with van der Waals surface area (Å²) in [5.41, 5.74) is 13.7. The number of aryl methyl sites for hydroxylation is 1. The van der Waals surface area contributed by atoms with Crippen molar-refractivity contribution in [1.82, 2.24) is 0 Å². The van der Waals surface area contributed by atoms with Crippen LogP contribution in [-0.4, -0.2) is 17.6 Å². The summed E-state index contributed by atoms with van der Waals surface area (Å²) in [5, 5.41) is 10.8. The molecule has 1 heterocycles. The summed E-state index contributed by atoms with van der Waals surface area (Å²) in [6.45, 7) is 1.84. The van der Waals surface area contributed by atoms with Crippen LogP contribution >= 0.6 is 0 Å². The minimum Gasteiger partial charge on any atom is -0.457 e. The van der Waals surface area contributed by atoms with Crippen molar-refractivity contribution in [2.45, 2.75) is 26.2 Å². The van der Waals surface area contributed by atoms with Crippen LogP contribution in [0, 0.1) is 6.92 Å². The topological polar surface area (TPSA) is 128 Å². The third-order valence-corrected chi connectivity index (χ3v) is 4.91. The Labute approximate surface area is 179 Å². The highest BCUT2D eigenvalue weighted by molar-refractivity contribution is 6.09. The molecule has 0 bridgehead atoms. The zero-order chi connectivity index (χ0) is 21.8. The number of rotatable bonds is 5. The molecule has 0 fully saturated rings. The maximum atomic E-state index is 12.9. The van der Waals surface area contributed by atoms with Crippen LogP contribution in [0.2, 0.25) is 0 Å². The summed E-state index contributed by atoms with van der Waals surface area (Å²) in [5.74, 6) is 1.96. The molecule has 4 rings (SSSR count). The lowest BCUT2D eigenvalue weighted by Gasteiger charge is -2.11. The van der Waals surface area contributed by atoms with Crippen LogP contribution in [0.3, 0.4) is 0 Å². The molecule has 0 atom stereocenters. The van der Waals surface area contributed by atoms with Crippen molar-refractivity contribution in [2.75, 3.05) is 5.32 Å². The van der Waals surface area contributed by atoms with E-state index in [2.05, 4.69) is 15.5 Å². The maximum Gasteiger partial charge on any atom is 0.291 e. The number of ether oxygens (including phenoxy) is 1. The van der Waals surface area contributed by atoms with Gasteiger partial charge in [-0.1, -0.05) is 18.2 Å². The largest absolute Gasteiger partial charge is 0.457 e. The standard InChI is InChI=1S/C23H23N5O3/c1-14-20-18(27-28-23(24)25)8-5-9-19(20)31-21(14)22(29)26-15-10-12-17(13-11-15)30-16-6-3-2-4-7-16/h2-4,6-7,10-13H,5,8-9H2,1H3,(H,26,29)(H4,24,25,28)/b27-18+. The highest BCUT2D eigenvalue weighted by Crippen LogP contribution is 2.31. The smallest absolute Gasteiger partial charge is 0.291 e. The highest BCUT2D eigenvalue weighted by Gasteiger charge is 2.28. The molecule has 0 saturated carbocycles. The van der Waals surface area contributed by atoms with Gasteiger partial charge >= 0.3 is 0 Å². The van der Waals surface area contributed by atoms with Crippen LogP contribution in [0.25, 0.3) is 0 Å². The lowest BCUT2D eigenvalue weighted by atomic mass is 9.93. The number of nitrogens with zero attached hydrogens (tertiary/aromatic N) is 2. The molecular weight excluding hydrogens is 394 g/mol. The second-order valence-electron chi connectivity index (χ2n) is 7.17. The van der Waals surface area contributed by atoms with Crippen LogP contribution in [0.5, 0.6) is 11.5 Å². The number of nitrogens with one attached hydrogen (secondary N) is 1. The van der Waals surface area contributed by atoms with E-state index in [1.807, 2.05) is 37.3 Å². The van der Waals surface area contributed by atoms with Crippen molar-refractivity contribution in [1.29, 1.82) is 0 Å². The van der Waals surface area contributed by atoms with Crippen LogP contribution in [0.4, 0.5) is 5.69 Å². The fourth-order valence-corrected chi connectivity index (χ4v) is 3.52. The molecule has 1 aliphatic carbocycles. The Morgan fingerprint density at radius 2 is 1.74 bits per heavy atom. The van der Waals surface area contributed by atoms with Gasteiger partial charge in [0, 0.05) is 23.2 Å². The second kappa shape index (κ2) is 8.74. The van der Waals surface area contributed by atoms with Crippen LogP contribution < -0.4 is 21.5 Å². The van der Waals surface area contributed by atoms with Crippen molar-refractivity contribution in [2.24, 2.45) is 21.7 Å². The molecule has 31 heavy (non-hydrogen) atoms. The lowest BCUT2D eigenvalue weighted by molar-refractivity contribution is 0.0994. The number of benzene rings is 2. The number of anilines is 1. The fraction of sp³-hybridized carbons (Fsp3) is 0.174. The minimum absolute atomic E-state index is 0.113. The van der Waals surface area contributed by atoms with Gasteiger partial charge in [0.2, 0.25) is 5.96 Å². The van der Waals surface area contributed by atoms with Crippen molar-refractivity contribution in [3.05, 3.63) is 77.2 Å². The van der Waals surface area contributed by atoms with Gasteiger partial charge in [-0.05, 0) is 56.2 Å². The van der Waals surface area contributed by atoms with Crippen LogP contribution in [0.1, 0.15) is 40.3 Å². The minimum atomic E-state index is -0.329. The Bertz CT molecular complexity index is 1140. The van der Waals surface area contributed by atoms with Gasteiger partial charge in [-0.25, -0.2) is 0 Å². The predicted molar refractivity (Wildman–Crippen MR) is 120 cm³/mol. The monoisotopic (exact) mass is 417 g/mol. The van der Waals surface area contributed by atoms with E-state index in [1.165, 1.54) is 0 Å². The van der Waals surface area contributed by atoms with E-state index in [9.17, 15) is 4.79 Å². The maximum absolute atomic E-state index is 12.9. The summed E-state index contributed by atoms with van der Waals surface area (Å²) in [4.78, 5) is 12.9. The van der Waals surface area contributed by atoms with Gasteiger partial charge in [0.15, 0.2) is 5.76 Å². The van der Waals surface area contributed by atoms with Crippen molar-refractivity contribution in [3.63, 3.8) is 0 Å². The van der Waals surface area contributed by atoms with Crippen LogP contribution in [0.15, 0.2) is 69.2 Å². The summed E-state index contributed by atoms with van der Waals surface area (Å²) in [7, 11) is 0. The van der Waals surface area contributed by atoms with Crippen molar-refractivity contribution < 1.29 is 13.9 Å². The lowest BCUT2D eigenvalue weighted by Crippen LogP contribution is -2.22. The first-order chi connectivity index (χ1) is 15.0. The van der Waals surface area contributed by atoms with Gasteiger partial charge in [0.05, 0.1) is 5.71 Å². The van der Waals surface area contributed by atoms with Crippen molar-refractivity contribution >= 4 is 23.3 Å². The Morgan fingerprint density at radius 3 is 2.45 bits per heavy atom. The molecule has 1 aliphatic rings. The van der Waals surface area contributed by atoms with E-state index in [4.69, 9.17) is 20.6 Å². The van der Waals surface area contributed by atoms with Gasteiger partial charge in [-0.2, -0.15) is 5.10 Å². The van der Waals surface area contributed by atoms with E-state index >= 15 is 0 Å². The number of amides is 1. The summed E-state index contributed by atoms with van der Waals surface area (Å²) in [6.07, 6.45) is 2.30. The molecule has 8 nitrogen and oxygen atoms in total. The third kappa shape index (κ3) is 4.58.